The van der Waals surface area contributed by atoms with E-state index >= 15 is 0 Å². The number of nitrogens with zero attached hydrogens (tertiary/aromatic N) is 1. The van der Waals surface area contributed by atoms with E-state index in [1.54, 1.807) is 30.2 Å². The van der Waals surface area contributed by atoms with Gasteiger partial charge in [0.1, 0.15) is 5.75 Å². The van der Waals surface area contributed by atoms with Gasteiger partial charge in [-0.05, 0) is 31.0 Å². The van der Waals surface area contributed by atoms with Gasteiger partial charge in [-0.15, -0.1) is 0 Å². The number of halogens is 1. The molecule has 1 aliphatic rings. The van der Waals surface area contributed by atoms with E-state index < -0.39 is 0 Å². The van der Waals surface area contributed by atoms with Crippen molar-refractivity contribution in [2.45, 2.75) is 19.3 Å². The van der Waals surface area contributed by atoms with Crippen molar-refractivity contribution in [1.29, 1.82) is 0 Å². The molecule has 124 valence electrons. The number of nitrogens with one attached hydrogen (secondary N) is 2. The first-order valence-electron chi connectivity index (χ1n) is 7.38. The lowest BCUT2D eigenvalue weighted by Gasteiger charge is -2.28. The average Bonchev–Trinajstić information content (AvgIpc) is 2.53. The minimum atomic E-state index is -0.341. The third-order valence-electron chi connectivity index (χ3n) is 3.49. The Bertz CT molecular complexity index is 619. The van der Waals surface area contributed by atoms with Crippen LogP contribution in [0.15, 0.2) is 29.3 Å². The van der Waals surface area contributed by atoms with Gasteiger partial charge in [0.05, 0.1) is 19.3 Å². The smallest absolute Gasteiger partial charge is 0.319 e. The number of piperidine rings is 1. The largest absolute Gasteiger partial charge is 0.495 e. The summed E-state index contributed by atoms with van der Waals surface area (Å²) in [6.07, 6.45) is 2.41. The summed E-state index contributed by atoms with van der Waals surface area (Å²) in [4.78, 5) is 25.7. The Balaban J connectivity index is 2.16. The summed E-state index contributed by atoms with van der Waals surface area (Å²) < 4.78 is 6.03. The van der Waals surface area contributed by atoms with Gasteiger partial charge in [-0.2, -0.15) is 0 Å². The highest BCUT2D eigenvalue weighted by molar-refractivity contribution is 9.11. The molecule has 1 aromatic rings. The molecule has 0 aliphatic carbocycles. The lowest BCUT2D eigenvalue weighted by molar-refractivity contribution is -0.119. The fourth-order valence-corrected chi connectivity index (χ4v) is 2.53. The molecule has 0 radical (unpaired) electrons. The zero-order valence-electron chi connectivity index (χ0n) is 13.0. The van der Waals surface area contributed by atoms with Crippen LogP contribution < -0.4 is 20.3 Å². The van der Waals surface area contributed by atoms with Crippen molar-refractivity contribution in [2.24, 2.45) is 0 Å². The molecule has 23 heavy (non-hydrogen) atoms. The monoisotopic (exact) mass is 381 g/mol. The van der Waals surface area contributed by atoms with Crippen molar-refractivity contribution in [1.82, 2.24) is 5.32 Å². The van der Waals surface area contributed by atoms with E-state index in [2.05, 4.69) is 33.1 Å². The first-order valence-corrected chi connectivity index (χ1v) is 8.17. The zero-order chi connectivity index (χ0) is 16.8. The Hall–Kier alpha value is -2.02. The fraction of sp³-hybridized carbons (Fsp3) is 0.375. The summed E-state index contributed by atoms with van der Waals surface area (Å²) in [6.45, 7) is 4.65. The van der Waals surface area contributed by atoms with Gasteiger partial charge in [-0.25, -0.2) is 4.79 Å². The Morgan fingerprint density at radius 3 is 2.87 bits per heavy atom. The lowest BCUT2D eigenvalue weighted by Crippen LogP contribution is -2.35. The standard InChI is InChI=1S/C16H20BrN3O3/c1-11(17)10-18-16(22)19-12-6-7-14(23-2)13(9-12)20-8-4-3-5-15(20)21/h6-7,9H,1,3-5,8,10H2,2H3,(H2,18,19,22). The summed E-state index contributed by atoms with van der Waals surface area (Å²) in [5, 5.41) is 5.40. The maximum atomic E-state index is 12.1. The van der Waals surface area contributed by atoms with Crippen LogP contribution in [-0.2, 0) is 4.79 Å². The molecule has 7 heteroatoms. The van der Waals surface area contributed by atoms with Gasteiger partial charge < -0.3 is 20.3 Å². The number of carbonyl (C=O) groups is 2. The molecule has 1 fully saturated rings. The number of methoxy groups -OCH3 is 1. The molecule has 6 nitrogen and oxygen atoms in total. The minimum Gasteiger partial charge on any atom is -0.495 e. The maximum absolute atomic E-state index is 12.1. The maximum Gasteiger partial charge on any atom is 0.319 e. The van der Waals surface area contributed by atoms with Crippen molar-refractivity contribution in [3.63, 3.8) is 0 Å². The molecule has 0 atom stereocenters. The van der Waals surface area contributed by atoms with Crippen LogP contribution in [-0.4, -0.2) is 32.1 Å². The SMILES string of the molecule is C=C(Br)CNC(=O)Nc1ccc(OC)c(N2CCCCC2=O)c1. The van der Waals surface area contributed by atoms with E-state index in [4.69, 9.17) is 4.74 Å². The van der Waals surface area contributed by atoms with Crippen LogP contribution in [0.2, 0.25) is 0 Å². The molecule has 1 saturated heterocycles. The molecule has 0 spiro atoms. The molecule has 0 bridgehead atoms. The van der Waals surface area contributed by atoms with Crippen molar-refractivity contribution < 1.29 is 14.3 Å². The lowest BCUT2D eigenvalue weighted by atomic mass is 10.1. The highest BCUT2D eigenvalue weighted by Gasteiger charge is 2.23. The van der Waals surface area contributed by atoms with Gasteiger partial charge in [0.15, 0.2) is 0 Å². The summed E-state index contributed by atoms with van der Waals surface area (Å²) in [7, 11) is 1.56. The van der Waals surface area contributed by atoms with Crippen LogP contribution in [0.1, 0.15) is 19.3 Å². The summed E-state index contributed by atoms with van der Waals surface area (Å²) in [5.41, 5.74) is 1.27. The molecule has 1 aliphatic heterocycles. The van der Waals surface area contributed by atoms with Gasteiger partial charge in [-0.1, -0.05) is 22.5 Å². The quantitative estimate of drug-likeness (QED) is 0.822. The number of benzene rings is 1. The molecular weight excluding hydrogens is 362 g/mol. The molecule has 0 unspecified atom stereocenters. The second kappa shape index (κ2) is 8.01. The van der Waals surface area contributed by atoms with E-state index in [9.17, 15) is 9.59 Å². The highest BCUT2D eigenvalue weighted by atomic mass is 79.9. The van der Waals surface area contributed by atoms with Crippen LogP contribution in [0.4, 0.5) is 16.2 Å². The number of ether oxygens (including phenoxy) is 1. The third-order valence-corrected chi connectivity index (χ3v) is 3.77. The van der Waals surface area contributed by atoms with Crippen LogP contribution in [0.3, 0.4) is 0 Å². The number of carbonyl (C=O) groups excluding carboxylic acids is 2. The van der Waals surface area contributed by atoms with E-state index in [1.165, 1.54) is 0 Å². The molecular formula is C16H20BrN3O3. The number of urea groups is 1. The van der Waals surface area contributed by atoms with Gasteiger partial charge in [0, 0.05) is 23.1 Å². The molecule has 1 heterocycles. The summed E-state index contributed by atoms with van der Waals surface area (Å²) in [5.74, 6) is 0.687. The topological polar surface area (TPSA) is 70.7 Å². The third kappa shape index (κ3) is 4.72. The second-order valence-electron chi connectivity index (χ2n) is 5.21. The average molecular weight is 382 g/mol. The zero-order valence-corrected chi connectivity index (χ0v) is 14.6. The predicted molar refractivity (Wildman–Crippen MR) is 94.3 cm³/mol. The second-order valence-corrected chi connectivity index (χ2v) is 6.34. The van der Waals surface area contributed by atoms with E-state index in [1.807, 2.05) is 0 Å². The van der Waals surface area contributed by atoms with Crippen molar-refractivity contribution in [3.8, 4) is 5.75 Å². The van der Waals surface area contributed by atoms with E-state index in [0.29, 0.717) is 41.1 Å². The number of amides is 3. The van der Waals surface area contributed by atoms with E-state index in [0.717, 1.165) is 12.8 Å². The Morgan fingerprint density at radius 2 is 2.22 bits per heavy atom. The predicted octanol–water partition coefficient (Wildman–Crippen LogP) is 3.24. The summed E-state index contributed by atoms with van der Waals surface area (Å²) in [6, 6.07) is 4.90. The Labute approximate surface area is 144 Å². The molecule has 1 aromatic carbocycles. The van der Waals surface area contributed by atoms with E-state index in [-0.39, 0.29) is 11.9 Å². The van der Waals surface area contributed by atoms with Crippen molar-refractivity contribution in [3.05, 3.63) is 29.3 Å². The first kappa shape index (κ1) is 17.3. The highest BCUT2D eigenvalue weighted by Crippen LogP contribution is 2.33. The molecule has 3 amide bonds. The Kier molecular flexibility index (Phi) is 6.04. The number of anilines is 2. The number of rotatable bonds is 5. The molecule has 0 saturated carbocycles. The first-order chi connectivity index (χ1) is 11.0. The fourth-order valence-electron chi connectivity index (χ4n) is 2.39. The van der Waals surface area contributed by atoms with Gasteiger partial charge >= 0.3 is 6.03 Å². The molecule has 2 rings (SSSR count). The Morgan fingerprint density at radius 1 is 1.43 bits per heavy atom. The normalized spacial score (nSPS) is 14.3. The van der Waals surface area contributed by atoms with Crippen LogP contribution >= 0.6 is 15.9 Å². The number of hydrogen-bond donors (Lipinski definition) is 2. The molecule has 0 aromatic heterocycles. The van der Waals surface area contributed by atoms with Gasteiger partial charge in [0.2, 0.25) is 5.91 Å². The van der Waals surface area contributed by atoms with Crippen molar-refractivity contribution >= 4 is 39.2 Å². The van der Waals surface area contributed by atoms with Crippen LogP contribution in [0, 0.1) is 0 Å². The van der Waals surface area contributed by atoms with Gasteiger partial charge in [-0.3, -0.25) is 4.79 Å². The molecule has 2 N–H and O–H groups in total. The minimum absolute atomic E-state index is 0.0757. The van der Waals surface area contributed by atoms with Crippen LogP contribution in [0.5, 0.6) is 5.75 Å². The summed E-state index contributed by atoms with van der Waals surface area (Å²) >= 11 is 3.18. The van der Waals surface area contributed by atoms with Gasteiger partial charge in [0.25, 0.3) is 0 Å². The van der Waals surface area contributed by atoms with Crippen molar-refractivity contribution in [2.75, 3.05) is 30.4 Å². The number of hydrogen-bond acceptors (Lipinski definition) is 3. The van der Waals surface area contributed by atoms with Crippen LogP contribution in [0.25, 0.3) is 0 Å².